The van der Waals surface area contributed by atoms with Crippen LogP contribution in [0.4, 0.5) is 10.5 Å². The molecular weight excluding hydrogens is 246 g/mol. The average molecular weight is 265 g/mol. The van der Waals surface area contributed by atoms with Crippen molar-refractivity contribution < 1.29 is 19.7 Å². The maximum atomic E-state index is 11.6. The Hall–Kier alpha value is -1.75. The highest BCUT2D eigenvalue weighted by atomic mass is 16.6. The molecule has 1 aliphatic carbocycles. The molecule has 0 spiro atoms. The second kappa shape index (κ2) is 4.42. The zero-order valence-electron chi connectivity index (χ0n) is 11.4. The predicted molar refractivity (Wildman–Crippen MR) is 71.1 cm³/mol. The van der Waals surface area contributed by atoms with Crippen LogP contribution < -0.4 is 5.32 Å². The summed E-state index contributed by atoms with van der Waals surface area (Å²) in [5, 5.41) is 22.3. The van der Waals surface area contributed by atoms with Gasteiger partial charge in [0.1, 0.15) is 11.4 Å². The lowest BCUT2D eigenvalue weighted by Crippen LogP contribution is -2.27. The molecular formula is C14H19NO4. The second-order valence-corrected chi connectivity index (χ2v) is 5.89. The summed E-state index contributed by atoms with van der Waals surface area (Å²) in [7, 11) is 0. The molecule has 0 bridgehead atoms. The summed E-state index contributed by atoms with van der Waals surface area (Å²) in [6, 6.07) is 4.60. The Labute approximate surface area is 112 Å². The molecule has 1 fully saturated rings. The van der Waals surface area contributed by atoms with Gasteiger partial charge in [-0.25, -0.2) is 4.79 Å². The van der Waals surface area contributed by atoms with E-state index in [1.54, 1.807) is 32.9 Å². The van der Waals surface area contributed by atoms with Crippen molar-refractivity contribution >= 4 is 11.8 Å². The van der Waals surface area contributed by atoms with Crippen LogP contribution in [-0.2, 0) is 10.3 Å². The van der Waals surface area contributed by atoms with Crippen LogP contribution in [0.15, 0.2) is 18.2 Å². The number of aromatic hydroxyl groups is 1. The lowest BCUT2D eigenvalue weighted by molar-refractivity contribution is 0.0635. The number of benzene rings is 1. The van der Waals surface area contributed by atoms with Gasteiger partial charge >= 0.3 is 6.09 Å². The number of ether oxygens (including phenoxy) is 1. The van der Waals surface area contributed by atoms with Crippen molar-refractivity contribution in [1.29, 1.82) is 0 Å². The first-order valence-electron chi connectivity index (χ1n) is 6.25. The van der Waals surface area contributed by atoms with Gasteiger partial charge in [-0.15, -0.1) is 0 Å². The summed E-state index contributed by atoms with van der Waals surface area (Å²) in [6.07, 6.45) is 0.680. The third-order valence-electron chi connectivity index (χ3n) is 2.87. The number of rotatable bonds is 2. The number of aliphatic hydroxyl groups is 1. The van der Waals surface area contributed by atoms with Crippen molar-refractivity contribution in [3.63, 3.8) is 0 Å². The SMILES string of the molecule is CC(C)(C)OC(=O)Nc1ccc(O)c(C2(O)CC2)c1. The number of carbonyl (C=O) groups excluding carboxylic acids is 1. The Balaban J connectivity index is 2.12. The molecule has 1 aromatic carbocycles. The van der Waals surface area contributed by atoms with Gasteiger partial charge in [-0.05, 0) is 51.8 Å². The Morgan fingerprint density at radius 2 is 2.00 bits per heavy atom. The predicted octanol–water partition coefficient (Wildman–Crippen LogP) is 2.72. The maximum absolute atomic E-state index is 11.6. The minimum absolute atomic E-state index is 0.0368. The summed E-state index contributed by atoms with van der Waals surface area (Å²) in [4.78, 5) is 11.6. The van der Waals surface area contributed by atoms with Crippen LogP contribution in [0.3, 0.4) is 0 Å². The van der Waals surface area contributed by atoms with E-state index in [9.17, 15) is 15.0 Å². The van der Waals surface area contributed by atoms with Crippen LogP contribution in [-0.4, -0.2) is 21.9 Å². The van der Waals surface area contributed by atoms with Gasteiger partial charge in [-0.2, -0.15) is 0 Å². The van der Waals surface area contributed by atoms with Crippen LogP contribution in [0.5, 0.6) is 5.75 Å². The van der Waals surface area contributed by atoms with Crippen LogP contribution in [0.1, 0.15) is 39.2 Å². The van der Waals surface area contributed by atoms with Crippen LogP contribution in [0, 0.1) is 0 Å². The Morgan fingerprint density at radius 1 is 1.37 bits per heavy atom. The molecule has 1 aliphatic rings. The van der Waals surface area contributed by atoms with Crippen LogP contribution in [0.2, 0.25) is 0 Å². The van der Waals surface area contributed by atoms with Crippen LogP contribution in [0.25, 0.3) is 0 Å². The van der Waals surface area contributed by atoms with E-state index < -0.39 is 17.3 Å². The number of hydrogen-bond acceptors (Lipinski definition) is 4. The summed E-state index contributed by atoms with van der Waals surface area (Å²) < 4.78 is 5.14. The molecule has 0 saturated heterocycles. The number of amides is 1. The number of phenols is 1. The molecule has 5 heteroatoms. The number of nitrogens with one attached hydrogen (secondary N) is 1. The minimum atomic E-state index is -0.949. The van der Waals surface area contributed by atoms with E-state index in [-0.39, 0.29) is 5.75 Å². The third-order valence-corrected chi connectivity index (χ3v) is 2.87. The number of hydrogen-bond donors (Lipinski definition) is 3. The van der Waals surface area contributed by atoms with Crippen molar-refractivity contribution in [3.05, 3.63) is 23.8 Å². The first-order valence-corrected chi connectivity index (χ1v) is 6.25. The van der Waals surface area contributed by atoms with E-state index in [0.29, 0.717) is 24.1 Å². The monoisotopic (exact) mass is 265 g/mol. The fraction of sp³-hybridized carbons (Fsp3) is 0.500. The lowest BCUT2D eigenvalue weighted by atomic mass is 10.1. The average Bonchev–Trinajstić information content (AvgIpc) is 2.97. The van der Waals surface area contributed by atoms with Crippen LogP contribution >= 0.6 is 0 Å². The van der Waals surface area contributed by atoms with Gasteiger partial charge in [0, 0.05) is 11.3 Å². The van der Waals surface area contributed by atoms with Gasteiger partial charge in [-0.1, -0.05) is 0 Å². The molecule has 104 valence electrons. The second-order valence-electron chi connectivity index (χ2n) is 5.89. The van der Waals surface area contributed by atoms with Crippen molar-refractivity contribution in [2.45, 2.75) is 44.8 Å². The highest BCUT2D eigenvalue weighted by Gasteiger charge is 2.44. The molecule has 1 aromatic rings. The summed E-state index contributed by atoms with van der Waals surface area (Å²) in [5.74, 6) is 0.0368. The summed E-state index contributed by atoms with van der Waals surface area (Å²) in [5.41, 5.74) is -0.586. The third kappa shape index (κ3) is 3.38. The molecule has 2 rings (SSSR count). The quantitative estimate of drug-likeness (QED) is 0.718. The van der Waals surface area contributed by atoms with Crippen molar-refractivity contribution in [2.75, 3.05) is 5.32 Å². The van der Waals surface area contributed by atoms with Crippen molar-refractivity contribution in [2.24, 2.45) is 0 Å². The minimum Gasteiger partial charge on any atom is -0.508 e. The van der Waals surface area contributed by atoms with E-state index >= 15 is 0 Å². The molecule has 0 unspecified atom stereocenters. The Kier molecular flexibility index (Phi) is 3.18. The fourth-order valence-electron chi connectivity index (χ4n) is 1.80. The largest absolute Gasteiger partial charge is 0.508 e. The molecule has 1 saturated carbocycles. The molecule has 1 amide bonds. The molecule has 5 nitrogen and oxygen atoms in total. The van der Waals surface area contributed by atoms with Gasteiger partial charge < -0.3 is 14.9 Å². The Bertz CT molecular complexity index is 501. The maximum Gasteiger partial charge on any atom is 0.412 e. The lowest BCUT2D eigenvalue weighted by Gasteiger charge is -2.20. The summed E-state index contributed by atoms with van der Waals surface area (Å²) >= 11 is 0. The van der Waals surface area contributed by atoms with E-state index in [0.717, 1.165) is 0 Å². The van der Waals surface area contributed by atoms with Gasteiger partial charge in [-0.3, -0.25) is 5.32 Å². The first-order chi connectivity index (χ1) is 8.70. The fourth-order valence-corrected chi connectivity index (χ4v) is 1.80. The normalized spacial score (nSPS) is 16.8. The van der Waals surface area contributed by atoms with Crippen molar-refractivity contribution in [3.8, 4) is 5.75 Å². The standard InChI is InChI=1S/C14H19NO4/c1-13(2,3)19-12(17)15-9-4-5-11(16)10(8-9)14(18)6-7-14/h4-5,8,16,18H,6-7H2,1-3H3,(H,15,17). The summed E-state index contributed by atoms with van der Waals surface area (Å²) in [6.45, 7) is 5.34. The van der Waals surface area contributed by atoms with E-state index in [2.05, 4.69) is 5.32 Å². The highest BCUT2D eigenvalue weighted by molar-refractivity contribution is 5.85. The smallest absolute Gasteiger partial charge is 0.412 e. The van der Waals surface area contributed by atoms with Gasteiger partial charge in [0.25, 0.3) is 0 Å². The molecule has 0 radical (unpaired) electrons. The van der Waals surface area contributed by atoms with Gasteiger partial charge in [0.2, 0.25) is 0 Å². The van der Waals surface area contributed by atoms with E-state index in [1.807, 2.05) is 0 Å². The van der Waals surface area contributed by atoms with Gasteiger partial charge in [0.15, 0.2) is 0 Å². The van der Waals surface area contributed by atoms with Crippen molar-refractivity contribution in [1.82, 2.24) is 0 Å². The van der Waals surface area contributed by atoms with E-state index in [4.69, 9.17) is 4.74 Å². The number of carbonyl (C=O) groups is 1. The first kappa shape index (κ1) is 13.7. The number of anilines is 1. The van der Waals surface area contributed by atoms with E-state index in [1.165, 1.54) is 6.07 Å². The molecule has 0 aromatic heterocycles. The molecule has 0 aliphatic heterocycles. The van der Waals surface area contributed by atoms with Gasteiger partial charge in [0.05, 0.1) is 5.60 Å². The molecule has 19 heavy (non-hydrogen) atoms. The zero-order valence-corrected chi connectivity index (χ0v) is 11.4. The molecule has 0 atom stereocenters. The Morgan fingerprint density at radius 3 is 2.53 bits per heavy atom. The molecule has 0 heterocycles. The molecule has 3 N–H and O–H groups in total. The highest BCUT2D eigenvalue weighted by Crippen LogP contribution is 2.49. The number of phenolic OH excluding ortho intramolecular Hbond substituents is 1. The topological polar surface area (TPSA) is 78.8 Å². The zero-order chi connectivity index (χ0) is 14.3.